The molecule has 21 heavy (non-hydrogen) atoms. The molecule has 3 N–H and O–H groups in total. The first-order chi connectivity index (χ1) is 10.1. The number of hydrogen-bond donors (Lipinski definition) is 3. The van der Waals surface area contributed by atoms with Crippen molar-refractivity contribution in [3.63, 3.8) is 0 Å². The minimum absolute atomic E-state index is 0.0901. The Hall–Kier alpha value is -2.89. The number of nitrogens with zero attached hydrogens (tertiary/aromatic N) is 1. The zero-order chi connectivity index (χ0) is 15.0. The van der Waals surface area contributed by atoms with Crippen molar-refractivity contribution in [2.45, 2.75) is 6.92 Å². The number of carbonyl (C=O) groups is 1. The number of carboxylic acid groups (broad SMARTS) is 1. The van der Waals surface area contributed by atoms with E-state index < -0.39 is 11.8 Å². The van der Waals surface area contributed by atoms with Crippen molar-refractivity contribution in [3.05, 3.63) is 53.6 Å². The molecule has 0 saturated heterocycles. The molecule has 0 saturated carbocycles. The van der Waals surface area contributed by atoms with E-state index in [1.54, 1.807) is 31.2 Å². The van der Waals surface area contributed by atoms with Crippen LogP contribution in [0.25, 0.3) is 11.0 Å². The number of aromatic amines is 1. The van der Waals surface area contributed by atoms with E-state index in [0.717, 1.165) is 0 Å². The first kappa shape index (κ1) is 13.1. The Kier molecular flexibility index (Phi) is 3.06. The van der Waals surface area contributed by atoms with Gasteiger partial charge in [-0.25, -0.2) is 14.2 Å². The van der Waals surface area contributed by atoms with Gasteiger partial charge >= 0.3 is 5.97 Å². The molecule has 0 unspecified atom stereocenters. The van der Waals surface area contributed by atoms with Crippen molar-refractivity contribution in [2.24, 2.45) is 0 Å². The summed E-state index contributed by atoms with van der Waals surface area (Å²) < 4.78 is 14.6. The number of fused-ring (bicyclic) bond motifs is 1. The number of aryl methyl sites for hydroxylation is 1. The summed E-state index contributed by atoms with van der Waals surface area (Å²) in [5.41, 5.74) is 0.850. The fourth-order valence-electron chi connectivity index (χ4n) is 2.19. The molecule has 0 atom stereocenters. The number of aromatic carboxylic acids is 1. The smallest absolute Gasteiger partial charge is 0.338 e. The second kappa shape index (κ2) is 4.90. The van der Waals surface area contributed by atoms with Gasteiger partial charge in [-0.1, -0.05) is 18.2 Å². The number of halogens is 1. The summed E-state index contributed by atoms with van der Waals surface area (Å²) in [5, 5.41) is 12.1. The van der Waals surface area contributed by atoms with Crippen LogP contribution in [0.2, 0.25) is 0 Å². The van der Waals surface area contributed by atoms with E-state index in [1.807, 2.05) is 6.07 Å². The number of rotatable bonds is 3. The van der Waals surface area contributed by atoms with Gasteiger partial charge in [0.2, 0.25) is 0 Å². The summed E-state index contributed by atoms with van der Waals surface area (Å²) in [6.45, 7) is 1.68. The van der Waals surface area contributed by atoms with Gasteiger partial charge in [-0.2, -0.15) is 0 Å². The van der Waals surface area contributed by atoms with Crippen molar-refractivity contribution in [1.82, 2.24) is 9.97 Å². The monoisotopic (exact) mass is 285 g/mol. The third-order valence-electron chi connectivity index (χ3n) is 3.11. The largest absolute Gasteiger partial charge is 0.478 e. The quantitative estimate of drug-likeness (QED) is 0.688. The molecule has 0 aliphatic rings. The molecular formula is C15H12FN3O2. The lowest BCUT2D eigenvalue weighted by Gasteiger charge is -2.11. The van der Waals surface area contributed by atoms with E-state index in [4.69, 9.17) is 0 Å². The third kappa shape index (κ3) is 2.31. The lowest BCUT2D eigenvalue weighted by molar-refractivity contribution is 0.0697. The van der Waals surface area contributed by atoms with E-state index in [2.05, 4.69) is 15.3 Å². The van der Waals surface area contributed by atoms with Gasteiger partial charge in [-0.3, -0.25) is 0 Å². The van der Waals surface area contributed by atoms with Crippen molar-refractivity contribution in [3.8, 4) is 0 Å². The Morgan fingerprint density at radius 2 is 2.05 bits per heavy atom. The van der Waals surface area contributed by atoms with E-state index in [1.165, 1.54) is 6.07 Å². The fourth-order valence-corrected chi connectivity index (χ4v) is 2.19. The molecule has 0 aliphatic carbocycles. The van der Waals surface area contributed by atoms with Gasteiger partial charge < -0.3 is 15.4 Å². The number of aromatic nitrogens is 2. The number of H-pyrrole nitrogens is 1. The number of para-hydroxylation sites is 1. The average molecular weight is 285 g/mol. The highest BCUT2D eigenvalue weighted by molar-refractivity contribution is 6.00. The van der Waals surface area contributed by atoms with Crippen LogP contribution in [0, 0.1) is 12.7 Å². The second-order valence-corrected chi connectivity index (χ2v) is 4.63. The molecular weight excluding hydrogens is 273 g/mol. The number of imidazole rings is 1. The number of benzene rings is 2. The van der Waals surface area contributed by atoms with Gasteiger partial charge in [0.05, 0.1) is 16.8 Å². The van der Waals surface area contributed by atoms with Crippen LogP contribution < -0.4 is 5.32 Å². The minimum atomic E-state index is -1.21. The summed E-state index contributed by atoms with van der Waals surface area (Å²) in [4.78, 5) is 18.3. The number of nitrogens with one attached hydrogen (secondary N) is 2. The topological polar surface area (TPSA) is 78.0 Å². The second-order valence-electron chi connectivity index (χ2n) is 4.63. The maximum Gasteiger partial charge on any atom is 0.338 e. The molecule has 0 spiro atoms. The van der Waals surface area contributed by atoms with E-state index in [9.17, 15) is 14.3 Å². The maximum atomic E-state index is 14.6. The molecule has 0 aliphatic heterocycles. The summed E-state index contributed by atoms with van der Waals surface area (Å²) >= 11 is 0. The van der Waals surface area contributed by atoms with Crippen LogP contribution in [-0.2, 0) is 0 Å². The number of anilines is 2. The summed E-state index contributed by atoms with van der Waals surface area (Å²) in [6, 6.07) is 10.2. The molecule has 3 rings (SSSR count). The summed E-state index contributed by atoms with van der Waals surface area (Å²) in [5.74, 6) is -1.36. The average Bonchev–Trinajstić information content (AvgIpc) is 2.83. The number of hydrogen-bond acceptors (Lipinski definition) is 3. The molecule has 1 aromatic heterocycles. The van der Waals surface area contributed by atoms with Gasteiger partial charge in [0, 0.05) is 5.69 Å². The van der Waals surface area contributed by atoms with Crippen LogP contribution in [-0.4, -0.2) is 21.0 Å². The van der Waals surface area contributed by atoms with Gasteiger partial charge in [0.15, 0.2) is 5.82 Å². The predicted molar refractivity (Wildman–Crippen MR) is 77.5 cm³/mol. The SMILES string of the molecule is Cc1nc2c(F)c(Nc3ccccc3)c(C(=O)O)cc2[nH]1. The van der Waals surface area contributed by atoms with Crippen molar-refractivity contribution >= 4 is 28.4 Å². The molecule has 2 aromatic carbocycles. The maximum absolute atomic E-state index is 14.6. The molecule has 0 radical (unpaired) electrons. The van der Waals surface area contributed by atoms with Crippen LogP contribution in [0.15, 0.2) is 36.4 Å². The summed E-state index contributed by atoms with van der Waals surface area (Å²) in [7, 11) is 0. The molecule has 106 valence electrons. The van der Waals surface area contributed by atoms with E-state index in [-0.39, 0.29) is 16.8 Å². The molecule has 5 nitrogen and oxygen atoms in total. The fraction of sp³-hybridized carbons (Fsp3) is 0.0667. The predicted octanol–water partition coefficient (Wildman–Crippen LogP) is 3.45. The van der Waals surface area contributed by atoms with E-state index in [0.29, 0.717) is 17.0 Å². The van der Waals surface area contributed by atoms with Crippen molar-refractivity contribution in [1.29, 1.82) is 0 Å². The summed E-state index contributed by atoms with van der Waals surface area (Å²) in [6.07, 6.45) is 0. The van der Waals surface area contributed by atoms with Crippen LogP contribution in [0.3, 0.4) is 0 Å². The Bertz CT molecular complexity index is 828. The van der Waals surface area contributed by atoms with E-state index >= 15 is 0 Å². The Balaban J connectivity index is 2.21. The lowest BCUT2D eigenvalue weighted by atomic mass is 10.1. The molecule has 3 aromatic rings. The lowest BCUT2D eigenvalue weighted by Crippen LogP contribution is -2.05. The van der Waals surface area contributed by atoms with Crippen LogP contribution in [0.5, 0.6) is 0 Å². The Morgan fingerprint density at radius 1 is 1.33 bits per heavy atom. The highest BCUT2D eigenvalue weighted by Gasteiger charge is 2.20. The normalized spacial score (nSPS) is 10.8. The molecule has 1 heterocycles. The zero-order valence-electron chi connectivity index (χ0n) is 11.1. The molecule has 6 heteroatoms. The Labute approximate surface area is 119 Å². The van der Waals surface area contributed by atoms with Gasteiger partial charge in [0.25, 0.3) is 0 Å². The first-order valence-corrected chi connectivity index (χ1v) is 6.30. The van der Waals surface area contributed by atoms with Crippen molar-refractivity contribution in [2.75, 3.05) is 5.32 Å². The third-order valence-corrected chi connectivity index (χ3v) is 3.11. The Morgan fingerprint density at radius 3 is 2.71 bits per heavy atom. The van der Waals surface area contributed by atoms with Gasteiger partial charge in [-0.05, 0) is 25.1 Å². The minimum Gasteiger partial charge on any atom is -0.478 e. The van der Waals surface area contributed by atoms with Crippen LogP contribution in [0.4, 0.5) is 15.8 Å². The van der Waals surface area contributed by atoms with Gasteiger partial charge in [-0.15, -0.1) is 0 Å². The van der Waals surface area contributed by atoms with Crippen LogP contribution >= 0.6 is 0 Å². The van der Waals surface area contributed by atoms with Crippen molar-refractivity contribution < 1.29 is 14.3 Å². The molecule has 0 bridgehead atoms. The van der Waals surface area contributed by atoms with Crippen LogP contribution in [0.1, 0.15) is 16.2 Å². The molecule has 0 amide bonds. The standard InChI is InChI=1S/C15H12FN3O2/c1-8-17-11-7-10(15(20)21)13(12(16)14(11)18-8)19-9-5-3-2-4-6-9/h2-7,19H,1H3,(H,17,18)(H,20,21). The highest BCUT2D eigenvalue weighted by atomic mass is 19.1. The zero-order valence-corrected chi connectivity index (χ0v) is 11.1. The number of carboxylic acids is 1. The molecule has 0 fully saturated rings. The first-order valence-electron chi connectivity index (χ1n) is 6.30. The highest BCUT2D eigenvalue weighted by Crippen LogP contribution is 2.30. The van der Waals surface area contributed by atoms with Gasteiger partial charge in [0.1, 0.15) is 11.3 Å².